The topological polar surface area (TPSA) is 127 Å². The molecule has 9 nitrogen and oxygen atoms in total. The number of carbonyl (C=O) groups is 2. The summed E-state index contributed by atoms with van der Waals surface area (Å²) in [5.74, 6) is -2.14. The molecule has 2 aromatic rings. The molecule has 1 aromatic carbocycles. The van der Waals surface area contributed by atoms with Gasteiger partial charge < -0.3 is 10.4 Å². The Morgan fingerprint density at radius 1 is 1.41 bits per heavy atom. The normalized spacial score (nSPS) is 10.3. The number of hydrogen-bond donors (Lipinski definition) is 2. The van der Waals surface area contributed by atoms with Gasteiger partial charge in [0.25, 0.3) is 11.6 Å². The Hall–Kier alpha value is -3.23. The van der Waals surface area contributed by atoms with E-state index in [0.717, 1.165) is 0 Å². The fourth-order valence-electron chi connectivity index (χ4n) is 1.89. The van der Waals surface area contributed by atoms with Gasteiger partial charge in [-0.15, -0.1) is 0 Å². The summed E-state index contributed by atoms with van der Waals surface area (Å²) in [6.07, 6.45) is 1.18. The van der Waals surface area contributed by atoms with Crippen molar-refractivity contribution in [1.29, 1.82) is 0 Å². The molecule has 22 heavy (non-hydrogen) atoms. The minimum Gasteiger partial charge on any atom is -0.478 e. The van der Waals surface area contributed by atoms with E-state index in [1.165, 1.54) is 30.1 Å². The summed E-state index contributed by atoms with van der Waals surface area (Å²) in [4.78, 5) is 33.6. The number of aromatic carboxylic acids is 1. The maximum Gasteiger partial charge on any atom is 0.339 e. The molecule has 0 spiro atoms. The Labute approximate surface area is 124 Å². The van der Waals surface area contributed by atoms with Crippen molar-refractivity contribution in [1.82, 2.24) is 9.78 Å². The Kier molecular flexibility index (Phi) is 3.89. The van der Waals surface area contributed by atoms with Gasteiger partial charge >= 0.3 is 5.97 Å². The summed E-state index contributed by atoms with van der Waals surface area (Å²) in [6.45, 7) is 1.68. The van der Waals surface area contributed by atoms with Crippen molar-refractivity contribution in [2.75, 3.05) is 5.32 Å². The molecule has 0 atom stereocenters. The zero-order chi connectivity index (χ0) is 16.4. The van der Waals surface area contributed by atoms with Gasteiger partial charge in [-0.05, 0) is 18.6 Å². The number of amides is 1. The number of nitro benzene ring substituents is 1. The molecule has 1 aromatic heterocycles. The number of nitrogens with zero attached hydrogens (tertiary/aromatic N) is 3. The molecule has 2 rings (SSSR count). The smallest absolute Gasteiger partial charge is 0.339 e. The lowest BCUT2D eigenvalue weighted by Crippen LogP contribution is -2.17. The molecule has 9 heteroatoms. The number of carboxylic acid groups (broad SMARTS) is 1. The highest BCUT2D eigenvalue weighted by molar-refractivity contribution is 6.10. The van der Waals surface area contributed by atoms with Crippen molar-refractivity contribution in [3.8, 4) is 0 Å². The highest BCUT2D eigenvalue weighted by Crippen LogP contribution is 2.26. The largest absolute Gasteiger partial charge is 0.478 e. The minimum atomic E-state index is -1.31. The van der Waals surface area contributed by atoms with Gasteiger partial charge in [-0.1, -0.05) is 6.07 Å². The number of aryl methyl sites for hydroxylation is 2. The van der Waals surface area contributed by atoms with Crippen LogP contribution in [0.5, 0.6) is 0 Å². The van der Waals surface area contributed by atoms with Gasteiger partial charge in [0.05, 0.1) is 4.92 Å². The average molecular weight is 304 g/mol. The molecule has 1 heterocycles. The number of hydrogen-bond acceptors (Lipinski definition) is 5. The lowest BCUT2D eigenvalue weighted by atomic mass is 10.2. The van der Waals surface area contributed by atoms with Crippen molar-refractivity contribution in [2.24, 2.45) is 7.05 Å². The van der Waals surface area contributed by atoms with E-state index in [1.54, 1.807) is 13.0 Å². The maximum atomic E-state index is 12.1. The van der Waals surface area contributed by atoms with E-state index in [4.69, 9.17) is 5.11 Å². The third-order valence-corrected chi connectivity index (χ3v) is 2.87. The lowest BCUT2D eigenvalue weighted by molar-refractivity contribution is -0.384. The molecule has 0 aliphatic carbocycles. The number of carboxylic acids is 1. The molecule has 0 bridgehead atoms. The second kappa shape index (κ2) is 5.64. The molecule has 114 valence electrons. The second-order valence-corrected chi connectivity index (χ2v) is 4.60. The highest BCUT2D eigenvalue weighted by Gasteiger charge is 2.23. The van der Waals surface area contributed by atoms with Gasteiger partial charge in [0.1, 0.15) is 11.3 Å². The molecule has 1 amide bonds. The van der Waals surface area contributed by atoms with Crippen LogP contribution in [0, 0.1) is 17.0 Å². The molecule has 0 radical (unpaired) electrons. The average Bonchev–Trinajstić information content (AvgIpc) is 2.83. The molecular formula is C13H12N4O5. The third kappa shape index (κ3) is 2.92. The SMILES string of the molecule is Cc1ccc(NC(=O)c2nn(C)cc2C(=O)O)c([N+](=O)[O-])c1. The van der Waals surface area contributed by atoms with Crippen molar-refractivity contribution in [3.05, 3.63) is 51.3 Å². The van der Waals surface area contributed by atoms with Crippen LogP contribution < -0.4 is 5.32 Å². The molecule has 0 unspecified atom stereocenters. The van der Waals surface area contributed by atoms with E-state index in [0.29, 0.717) is 5.56 Å². The summed E-state index contributed by atoms with van der Waals surface area (Å²) in [7, 11) is 1.47. The molecule has 0 aliphatic rings. The van der Waals surface area contributed by atoms with Crippen LogP contribution >= 0.6 is 0 Å². The molecule has 0 fully saturated rings. The number of nitrogens with one attached hydrogen (secondary N) is 1. The zero-order valence-electron chi connectivity index (χ0n) is 11.7. The van der Waals surface area contributed by atoms with Crippen LogP contribution in [0.3, 0.4) is 0 Å². The fourth-order valence-corrected chi connectivity index (χ4v) is 1.89. The quantitative estimate of drug-likeness (QED) is 0.652. The van der Waals surface area contributed by atoms with Crippen molar-refractivity contribution < 1.29 is 19.6 Å². The van der Waals surface area contributed by atoms with E-state index < -0.39 is 16.8 Å². The molecule has 2 N–H and O–H groups in total. The lowest BCUT2D eigenvalue weighted by Gasteiger charge is -2.05. The van der Waals surface area contributed by atoms with E-state index >= 15 is 0 Å². The predicted molar refractivity (Wildman–Crippen MR) is 76.0 cm³/mol. The number of rotatable bonds is 4. The van der Waals surface area contributed by atoms with Gasteiger partial charge in [0.15, 0.2) is 5.69 Å². The predicted octanol–water partition coefficient (Wildman–Crippen LogP) is 1.59. The third-order valence-electron chi connectivity index (χ3n) is 2.87. The van der Waals surface area contributed by atoms with Crippen molar-refractivity contribution in [2.45, 2.75) is 6.92 Å². The van der Waals surface area contributed by atoms with Gasteiger partial charge in [0.2, 0.25) is 0 Å². The molecule has 0 aliphatic heterocycles. The van der Waals surface area contributed by atoms with Gasteiger partial charge in [0, 0.05) is 19.3 Å². The Balaban J connectivity index is 2.38. The van der Waals surface area contributed by atoms with Gasteiger partial charge in [-0.25, -0.2) is 4.79 Å². The first-order valence-electron chi connectivity index (χ1n) is 6.13. The maximum absolute atomic E-state index is 12.1. The highest BCUT2D eigenvalue weighted by atomic mass is 16.6. The second-order valence-electron chi connectivity index (χ2n) is 4.60. The van der Waals surface area contributed by atoms with Crippen LogP contribution in [-0.4, -0.2) is 31.7 Å². The number of carbonyl (C=O) groups excluding carboxylic acids is 1. The number of aromatic nitrogens is 2. The van der Waals surface area contributed by atoms with Crippen LogP contribution in [0.25, 0.3) is 0 Å². The van der Waals surface area contributed by atoms with E-state index in [1.807, 2.05) is 0 Å². The first-order chi connectivity index (χ1) is 10.3. The summed E-state index contributed by atoms with van der Waals surface area (Å²) in [5, 5.41) is 26.1. The van der Waals surface area contributed by atoms with Crippen LogP contribution in [0.2, 0.25) is 0 Å². The number of nitro groups is 1. The van der Waals surface area contributed by atoms with Crippen LogP contribution in [0.1, 0.15) is 26.4 Å². The molecule has 0 saturated heterocycles. The van der Waals surface area contributed by atoms with Gasteiger partial charge in [-0.3, -0.25) is 19.6 Å². The van der Waals surface area contributed by atoms with Crippen LogP contribution in [-0.2, 0) is 7.05 Å². The van der Waals surface area contributed by atoms with E-state index in [2.05, 4.69) is 10.4 Å². The van der Waals surface area contributed by atoms with E-state index in [-0.39, 0.29) is 22.6 Å². The summed E-state index contributed by atoms with van der Waals surface area (Å²) in [6, 6.07) is 4.29. The van der Waals surface area contributed by atoms with Gasteiger partial charge in [-0.2, -0.15) is 5.10 Å². The van der Waals surface area contributed by atoms with Crippen molar-refractivity contribution in [3.63, 3.8) is 0 Å². The summed E-state index contributed by atoms with van der Waals surface area (Å²) in [5.41, 5.74) is -0.239. The number of anilines is 1. The molecular weight excluding hydrogens is 292 g/mol. The Bertz CT molecular complexity index is 781. The molecule has 0 saturated carbocycles. The first-order valence-corrected chi connectivity index (χ1v) is 6.13. The summed E-state index contributed by atoms with van der Waals surface area (Å²) >= 11 is 0. The first kappa shape index (κ1) is 15.2. The monoisotopic (exact) mass is 304 g/mol. The van der Waals surface area contributed by atoms with Crippen LogP contribution in [0.15, 0.2) is 24.4 Å². The minimum absolute atomic E-state index is 0.0254. The Morgan fingerprint density at radius 2 is 2.09 bits per heavy atom. The number of benzene rings is 1. The standard InChI is InChI=1S/C13H12N4O5/c1-7-3-4-9(10(5-7)17(21)22)14-12(18)11-8(13(19)20)6-16(2)15-11/h3-6H,1-2H3,(H,14,18)(H,19,20). The van der Waals surface area contributed by atoms with Crippen molar-refractivity contribution >= 4 is 23.3 Å². The summed E-state index contributed by atoms with van der Waals surface area (Å²) < 4.78 is 1.18. The zero-order valence-corrected chi connectivity index (χ0v) is 11.7. The fraction of sp³-hybridized carbons (Fsp3) is 0.154. The Morgan fingerprint density at radius 3 is 2.68 bits per heavy atom. The van der Waals surface area contributed by atoms with Crippen LogP contribution in [0.4, 0.5) is 11.4 Å². The van der Waals surface area contributed by atoms with E-state index in [9.17, 15) is 19.7 Å².